The normalized spacial score (nSPS) is 24.2. The molecule has 0 saturated carbocycles. The van der Waals surface area contributed by atoms with Gasteiger partial charge in [0, 0.05) is 49.3 Å². The summed E-state index contributed by atoms with van der Waals surface area (Å²) in [5.74, 6) is 0. The molecule has 2 aliphatic rings. The first kappa shape index (κ1) is 13.3. The minimum absolute atomic E-state index is 0.535. The predicted molar refractivity (Wildman–Crippen MR) is 80.9 cm³/mol. The molecule has 0 bridgehead atoms. The fourth-order valence-electron chi connectivity index (χ4n) is 2.99. The Labute approximate surface area is 119 Å². The van der Waals surface area contributed by atoms with E-state index in [4.69, 9.17) is 0 Å². The summed E-state index contributed by atoms with van der Waals surface area (Å²) < 4.78 is 0. The smallest absolute Gasteiger partial charge is 0.185 e. The van der Waals surface area contributed by atoms with E-state index in [9.17, 15) is 0 Å². The number of rotatable bonds is 4. The Hall–Kier alpha value is -0.650. The quantitative estimate of drug-likeness (QED) is 0.913. The van der Waals surface area contributed by atoms with Gasteiger partial charge in [0.15, 0.2) is 5.13 Å². The molecule has 1 aromatic heterocycles. The van der Waals surface area contributed by atoms with Crippen LogP contribution >= 0.6 is 11.3 Å². The van der Waals surface area contributed by atoms with Gasteiger partial charge in [-0.2, -0.15) is 0 Å². The topological polar surface area (TPSA) is 31.4 Å². The molecule has 106 valence electrons. The molecule has 0 aromatic carbocycles. The highest BCUT2D eigenvalue weighted by Crippen LogP contribution is 2.28. The lowest BCUT2D eigenvalue weighted by atomic mass is 10.2. The molecular formula is C14H24N4S. The van der Waals surface area contributed by atoms with Crippen molar-refractivity contribution in [3.8, 4) is 0 Å². The summed E-state index contributed by atoms with van der Waals surface area (Å²) >= 11 is 1.85. The highest BCUT2D eigenvalue weighted by atomic mass is 32.1. The molecule has 4 nitrogen and oxygen atoms in total. The van der Waals surface area contributed by atoms with Gasteiger partial charge in [-0.1, -0.05) is 13.8 Å². The third-order valence-corrected chi connectivity index (χ3v) is 5.14. The molecule has 0 radical (unpaired) electrons. The van der Waals surface area contributed by atoms with Crippen molar-refractivity contribution in [2.24, 2.45) is 0 Å². The highest BCUT2D eigenvalue weighted by Gasteiger charge is 2.31. The van der Waals surface area contributed by atoms with E-state index < -0.39 is 0 Å². The summed E-state index contributed by atoms with van der Waals surface area (Å²) in [6.45, 7) is 10.1. The molecule has 1 aromatic rings. The summed E-state index contributed by atoms with van der Waals surface area (Å²) in [5.41, 5.74) is 0. The summed E-state index contributed by atoms with van der Waals surface area (Å²) in [4.78, 5) is 11.1. The van der Waals surface area contributed by atoms with Crippen LogP contribution in [0.2, 0.25) is 0 Å². The first-order valence-corrected chi connectivity index (χ1v) is 8.21. The van der Waals surface area contributed by atoms with Gasteiger partial charge in [-0.3, -0.25) is 4.90 Å². The van der Waals surface area contributed by atoms with Crippen LogP contribution < -0.4 is 10.2 Å². The molecule has 1 unspecified atom stereocenters. The molecular weight excluding hydrogens is 256 g/mol. The maximum Gasteiger partial charge on any atom is 0.185 e. The monoisotopic (exact) mass is 280 g/mol. The summed E-state index contributed by atoms with van der Waals surface area (Å²) in [6.07, 6.45) is 4.78. The maximum absolute atomic E-state index is 4.62. The van der Waals surface area contributed by atoms with Crippen LogP contribution in [0.4, 0.5) is 5.13 Å². The van der Waals surface area contributed by atoms with Crippen LogP contribution in [-0.4, -0.2) is 48.1 Å². The molecule has 3 rings (SSSR count). The fourth-order valence-corrected chi connectivity index (χ4v) is 3.89. The highest BCUT2D eigenvalue weighted by molar-refractivity contribution is 7.15. The van der Waals surface area contributed by atoms with E-state index in [1.165, 1.54) is 42.5 Å². The molecule has 2 aliphatic heterocycles. The Morgan fingerprint density at radius 2 is 2.32 bits per heavy atom. The van der Waals surface area contributed by atoms with Crippen LogP contribution in [0.1, 0.15) is 31.6 Å². The van der Waals surface area contributed by atoms with Crippen molar-refractivity contribution in [1.82, 2.24) is 15.2 Å². The van der Waals surface area contributed by atoms with Crippen LogP contribution in [0, 0.1) is 0 Å². The zero-order chi connectivity index (χ0) is 13.2. The Balaban J connectivity index is 1.59. The average molecular weight is 280 g/mol. The van der Waals surface area contributed by atoms with E-state index in [2.05, 4.69) is 33.9 Å². The van der Waals surface area contributed by atoms with E-state index in [1.807, 2.05) is 17.5 Å². The molecule has 2 saturated heterocycles. The molecule has 0 amide bonds. The van der Waals surface area contributed by atoms with E-state index in [0.717, 1.165) is 19.1 Å². The predicted octanol–water partition coefficient (Wildman–Crippen LogP) is 1.93. The zero-order valence-electron chi connectivity index (χ0n) is 11.9. The Morgan fingerprint density at radius 3 is 3.16 bits per heavy atom. The number of piperazine rings is 1. The molecule has 1 N–H and O–H groups in total. The number of nitrogens with zero attached hydrogens (tertiary/aromatic N) is 3. The van der Waals surface area contributed by atoms with Crippen molar-refractivity contribution in [3.63, 3.8) is 0 Å². The molecule has 0 aliphatic carbocycles. The maximum atomic E-state index is 4.62. The van der Waals surface area contributed by atoms with Crippen molar-refractivity contribution in [2.75, 3.05) is 31.1 Å². The minimum atomic E-state index is 0.535. The molecule has 19 heavy (non-hydrogen) atoms. The van der Waals surface area contributed by atoms with Gasteiger partial charge in [0.1, 0.15) is 0 Å². The second-order valence-electron chi connectivity index (χ2n) is 5.92. The van der Waals surface area contributed by atoms with Gasteiger partial charge in [0.25, 0.3) is 0 Å². The van der Waals surface area contributed by atoms with Gasteiger partial charge in [-0.15, -0.1) is 11.3 Å². The molecule has 3 heterocycles. The second-order valence-corrected chi connectivity index (χ2v) is 7.02. The van der Waals surface area contributed by atoms with E-state index >= 15 is 0 Å². The van der Waals surface area contributed by atoms with Crippen LogP contribution in [0.3, 0.4) is 0 Å². The van der Waals surface area contributed by atoms with E-state index in [1.54, 1.807) is 0 Å². The van der Waals surface area contributed by atoms with Crippen LogP contribution in [0.5, 0.6) is 0 Å². The SMILES string of the molecule is CC(C)NCc1cnc(N2CCN3CCCC3C2)s1. The number of nitrogens with one attached hydrogen (secondary N) is 1. The number of fused-ring (bicyclic) bond motifs is 1. The first-order chi connectivity index (χ1) is 9.22. The number of hydrogen-bond donors (Lipinski definition) is 1. The summed E-state index contributed by atoms with van der Waals surface area (Å²) in [7, 11) is 0. The molecule has 1 atom stereocenters. The zero-order valence-corrected chi connectivity index (χ0v) is 12.7. The first-order valence-electron chi connectivity index (χ1n) is 7.39. The molecule has 2 fully saturated rings. The standard InChI is InChI=1S/C14H24N4S/c1-11(2)15-8-13-9-16-14(19-13)18-7-6-17-5-3-4-12(17)10-18/h9,11-12,15H,3-8,10H2,1-2H3. The fraction of sp³-hybridized carbons (Fsp3) is 0.786. The molecule has 5 heteroatoms. The average Bonchev–Trinajstić information content (AvgIpc) is 3.04. The number of anilines is 1. The third kappa shape index (κ3) is 3.09. The van der Waals surface area contributed by atoms with Crippen molar-refractivity contribution < 1.29 is 0 Å². The van der Waals surface area contributed by atoms with Gasteiger partial charge >= 0.3 is 0 Å². The number of hydrogen-bond acceptors (Lipinski definition) is 5. The van der Waals surface area contributed by atoms with Gasteiger partial charge in [-0.05, 0) is 19.4 Å². The van der Waals surface area contributed by atoms with Crippen LogP contribution in [0.15, 0.2) is 6.20 Å². The van der Waals surface area contributed by atoms with Gasteiger partial charge < -0.3 is 10.2 Å². The van der Waals surface area contributed by atoms with E-state index in [0.29, 0.717) is 6.04 Å². The lowest BCUT2D eigenvalue weighted by molar-refractivity contribution is 0.231. The second kappa shape index (κ2) is 5.77. The van der Waals surface area contributed by atoms with Crippen LogP contribution in [0.25, 0.3) is 0 Å². The van der Waals surface area contributed by atoms with E-state index in [-0.39, 0.29) is 0 Å². The minimum Gasteiger partial charge on any atom is -0.345 e. The number of aromatic nitrogens is 1. The Bertz CT molecular complexity index is 417. The lowest BCUT2D eigenvalue weighted by Crippen LogP contribution is -2.50. The van der Waals surface area contributed by atoms with Gasteiger partial charge in [0.2, 0.25) is 0 Å². The van der Waals surface area contributed by atoms with Gasteiger partial charge in [-0.25, -0.2) is 4.98 Å². The van der Waals surface area contributed by atoms with Gasteiger partial charge in [0.05, 0.1) is 0 Å². The van der Waals surface area contributed by atoms with Crippen molar-refractivity contribution in [1.29, 1.82) is 0 Å². The lowest BCUT2D eigenvalue weighted by Gasteiger charge is -2.37. The van der Waals surface area contributed by atoms with Crippen molar-refractivity contribution in [2.45, 2.75) is 45.3 Å². The number of thiazole rings is 1. The summed E-state index contributed by atoms with van der Waals surface area (Å²) in [5, 5.41) is 4.67. The van der Waals surface area contributed by atoms with Crippen molar-refractivity contribution in [3.05, 3.63) is 11.1 Å². The van der Waals surface area contributed by atoms with Crippen LogP contribution in [-0.2, 0) is 6.54 Å². The molecule has 0 spiro atoms. The Kier molecular flexibility index (Phi) is 4.05. The third-order valence-electron chi connectivity index (χ3n) is 4.08. The Morgan fingerprint density at radius 1 is 1.42 bits per heavy atom. The summed E-state index contributed by atoms with van der Waals surface area (Å²) in [6, 6.07) is 1.31. The largest absolute Gasteiger partial charge is 0.345 e. The van der Waals surface area contributed by atoms with Crippen molar-refractivity contribution >= 4 is 16.5 Å².